The molecule has 0 aliphatic rings. The van der Waals surface area contributed by atoms with Crippen molar-refractivity contribution in [3.05, 3.63) is 27.6 Å². The predicted molar refractivity (Wildman–Crippen MR) is 45.6 cm³/mol. The molecule has 1 rings (SSSR count). The molecule has 0 atom stereocenters. The van der Waals surface area contributed by atoms with Gasteiger partial charge in [0.1, 0.15) is 17.5 Å². The summed E-state index contributed by atoms with van der Waals surface area (Å²) in [6, 6.07) is 0. The van der Waals surface area contributed by atoms with Crippen LogP contribution in [0.15, 0.2) is 6.20 Å². The highest BCUT2D eigenvalue weighted by Crippen LogP contribution is 2.29. The Morgan fingerprint density at radius 2 is 2.20 bits per heavy atom. The van der Waals surface area contributed by atoms with Crippen molar-refractivity contribution in [2.24, 2.45) is 0 Å². The lowest BCUT2D eigenvalue weighted by Gasteiger charge is -2.05. The summed E-state index contributed by atoms with van der Waals surface area (Å²) in [5.41, 5.74) is 2.40. The Morgan fingerprint density at radius 3 is 2.60 bits per heavy atom. The molecule has 0 bridgehead atoms. The molecular weight excluding hydrogens is 212 g/mol. The van der Waals surface area contributed by atoms with Crippen LogP contribution in [-0.4, -0.2) is 16.2 Å². The van der Waals surface area contributed by atoms with E-state index in [4.69, 9.17) is 5.73 Å². The molecule has 0 unspecified atom stereocenters. The van der Waals surface area contributed by atoms with Crippen molar-refractivity contribution in [3.8, 4) is 0 Å². The Morgan fingerprint density at radius 1 is 1.60 bits per heavy atom. The van der Waals surface area contributed by atoms with Gasteiger partial charge in [-0.25, -0.2) is 13.8 Å². The number of aldehydes is 1. The Bertz CT molecular complexity index is 422. The average molecular weight is 217 g/mol. The number of pyridine rings is 1. The number of carbonyl (C=O) groups is 1. The summed E-state index contributed by atoms with van der Waals surface area (Å²) in [6.45, 7) is 0. The zero-order valence-corrected chi connectivity index (χ0v) is 7.18. The van der Waals surface area contributed by atoms with E-state index in [1.54, 1.807) is 0 Å². The van der Waals surface area contributed by atoms with Crippen molar-refractivity contribution in [2.45, 2.75) is 6.43 Å². The molecule has 0 aromatic carbocycles. The SMILES string of the molecule is Nc1c(C(F)F)ncc([N+](=O)[O-])c1C=O. The fourth-order valence-corrected chi connectivity index (χ4v) is 0.989. The number of nitrogens with zero attached hydrogens (tertiary/aromatic N) is 2. The number of carbonyl (C=O) groups excluding carboxylic acids is 1. The molecule has 0 radical (unpaired) electrons. The number of nitrogens with two attached hydrogens (primary N) is 1. The standard InChI is InChI=1S/C7H5F2N3O3/c8-7(9)6-5(10)3(2-13)4(1-11-6)12(14)15/h1-2,7H,10H2. The monoisotopic (exact) mass is 217 g/mol. The van der Waals surface area contributed by atoms with E-state index in [0.29, 0.717) is 6.20 Å². The van der Waals surface area contributed by atoms with Gasteiger partial charge in [-0.2, -0.15) is 0 Å². The number of nitro groups is 1. The molecule has 8 heteroatoms. The van der Waals surface area contributed by atoms with Gasteiger partial charge in [0.2, 0.25) is 0 Å². The summed E-state index contributed by atoms with van der Waals surface area (Å²) in [7, 11) is 0. The maximum Gasteiger partial charge on any atom is 0.300 e. The summed E-state index contributed by atoms with van der Waals surface area (Å²) in [6.07, 6.45) is -2.34. The van der Waals surface area contributed by atoms with E-state index >= 15 is 0 Å². The molecule has 2 N–H and O–H groups in total. The Labute approximate surface area is 81.9 Å². The first-order valence-corrected chi connectivity index (χ1v) is 3.65. The number of rotatable bonds is 3. The fourth-order valence-electron chi connectivity index (χ4n) is 0.989. The quantitative estimate of drug-likeness (QED) is 0.467. The summed E-state index contributed by atoms with van der Waals surface area (Å²) < 4.78 is 24.5. The molecule has 6 nitrogen and oxygen atoms in total. The number of alkyl halides is 2. The molecule has 1 aromatic heterocycles. The van der Waals surface area contributed by atoms with Crippen LogP contribution in [0.4, 0.5) is 20.2 Å². The van der Waals surface area contributed by atoms with Gasteiger partial charge in [-0.3, -0.25) is 14.9 Å². The van der Waals surface area contributed by atoms with Crippen LogP contribution in [0.5, 0.6) is 0 Å². The van der Waals surface area contributed by atoms with Crippen LogP contribution in [0.25, 0.3) is 0 Å². The molecule has 0 saturated heterocycles. The summed E-state index contributed by atoms with van der Waals surface area (Å²) >= 11 is 0. The minimum absolute atomic E-state index is 0.0566. The Kier molecular flexibility index (Phi) is 2.88. The van der Waals surface area contributed by atoms with Gasteiger partial charge in [0, 0.05) is 0 Å². The lowest BCUT2D eigenvalue weighted by Crippen LogP contribution is -2.06. The summed E-state index contributed by atoms with van der Waals surface area (Å²) in [5, 5.41) is 10.4. The molecule has 0 amide bonds. The van der Waals surface area contributed by atoms with Gasteiger partial charge in [0.15, 0.2) is 6.29 Å². The van der Waals surface area contributed by atoms with E-state index in [-0.39, 0.29) is 6.29 Å². The second-order valence-corrected chi connectivity index (χ2v) is 2.53. The molecule has 0 spiro atoms. The smallest absolute Gasteiger partial charge is 0.300 e. The van der Waals surface area contributed by atoms with E-state index in [1.165, 1.54) is 0 Å². The highest BCUT2D eigenvalue weighted by molar-refractivity contribution is 5.89. The van der Waals surface area contributed by atoms with E-state index in [2.05, 4.69) is 4.98 Å². The first-order chi connectivity index (χ1) is 6.99. The zero-order valence-electron chi connectivity index (χ0n) is 7.18. The van der Waals surface area contributed by atoms with Gasteiger partial charge in [0.25, 0.3) is 12.1 Å². The number of aromatic nitrogens is 1. The third kappa shape index (κ3) is 1.87. The van der Waals surface area contributed by atoms with Crippen molar-refractivity contribution in [3.63, 3.8) is 0 Å². The van der Waals surface area contributed by atoms with Gasteiger partial charge >= 0.3 is 0 Å². The molecule has 0 aliphatic heterocycles. The fraction of sp³-hybridized carbons (Fsp3) is 0.143. The second-order valence-electron chi connectivity index (χ2n) is 2.53. The number of nitrogen functional groups attached to an aromatic ring is 1. The van der Waals surface area contributed by atoms with Gasteiger partial charge in [-0.15, -0.1) is 0 Å². The molecule has 0 fully saturated rings. The van der Waals surface area contributed by atoms with Crippen LogP contribution in [0.1, 0.15) is 22.5 Å². The molecule has 80 valence electrons. The van der Waals surface area contributed by atoms with Crippen LogP contribution >= 0.6 is 0 Å². The molecule has 1 heterocycles. The van der Waals surface area contributed by atoms with Gasteiger partial charge < -0.3 is 5.73 Å². The van der Waals surface area contributed by atoms with Crippen LogP contribution in [0, 0.1) is 10.1 Å². The minimum atomic E-state index is -2.98. The van der Waals surface area contributed by atoms with Crippen molar-refractivity contribution < 1.29 is 18.5 Å². The maximum atomic E-state index is 12.2. The van der Waals surface area contributed by atoms with Crippen molar-refractivity contribution in [2.75, 3.05) is 5.73 Å². The Hall–Kier alpha value is -2.12. The zero-order chi connectivity index (χ0) is 11.6. The highest BCUT2D eigenvalue weighted by Gasteiger charge is 2.23. The molecular formula is C7H5F2N3O3. The van der Waals surface area contributed by atoms with Crippen LogP contribution in [-0.2, 0) is 0 Å². The molecule has 15 heavy (non-hydrogen) atoms. The largest absolute Gasteiger partial charge is 0.396 e. The van der Waals surface area contributed by atoms with Gasteiger partial charge in [-0.1, -0.05) is 0 Å². The van der Waals surface area contributed by atoms with Crippen molar-refractivity contribution >= 4 is 17.7 Å². The lowest BCUT2D eigenvalue weighted by atomic mass is 10.1. The molecule has 0 saturated carbocycles. The normalized spacial score (nSPS) is 10.3. The number of hydrogen-bond acceptors (Lipinski definition) is 5. The maximum absolute atomic E-state index is 12.2. The summed E-state index contributed by atoms with van der Waals surface area (Å²) in [5.74, 6) is 0. The van der Waals surface area contributed by atoms with E-state index < -0.39 is 34.0 Å². The Balaban J connectivity index is 3.45. The second kappa shape index (κ2) is 3.95. The van der Waals surface area contributed by atoms with Crippen LogP contribution in [0.3, 0.4) is 0 Å². The first-order valence-electron chi connectivity index (χ1n) is 3.65. The van der Waals surface area contributed by atoms with E-state index in [0.717, 1.165) is 0 Å². The summed E-state index contributed by atoms with van der Waals surface area (Å²) in [4.78, 5) is 23.1. The topological polar surface area (TPSA) is 99.1 Å². The lowest BCUT2D eigenvalue weighted by molar-refractivity contribution is -0.385. The van der Waals surface area contributed by atoms with Crippen LogP contribution < -0.4 is 5.73 Å². The van der Waals surface area contributed by atoms with Crippen molar-refractivity contribution in [1.82, 2.24) is 4.98 Å². The number of anilines is 1. The van der Waals surface area contributed by atoms with E-state index in [1.807, 2.05) is 0 Å². The average Bonchev–Trinajstić information content (AvgIpc) is 2.16. The molecule has 1 aromatic rings. The van der Waals surface area contributed by atoms with Gasteiger partial charge in [0.05, 0.1) is 10.6 Å². The van der Waals surface area contributed by atoms with Crippen LogP contribution in [0.2, 0.25) is 0 Å². The van der Waals surface area contributed by atoms with Gasteiger partial charge in [-0.05, 0) is 0 Å². The van der Waals surface area contributed by atoms with Crippen molar-refractivity contribution in [1.29, 1.82) is 0 Å². The third-order valence-corrected chi connectivity index (χ3v) is 1.69. The highest BCUT2D eigenvalue weighted by atomic mass is 19.3. The number of halogens is 2. The third-order valence-electron chi connectivity index (χ3n) is 1.69. The van der Waals surface area contributed by atoms with E-state index in [9.17, 15) is 23.7 Å². The number of hydrogen-bond donors (Lipinski definition) is 1. The predicted octanol–water partition coefficient (Wildman–Crippen LogP) is 1.32. The first kappa shape index (κ1) is 11.0. The molecule has 0 aliphatic carbocycles. The minimum Gasteiger partial charge on any atom is -0.396 e.